The molecule has 3 aromatic carbocycles. The van der Waals surface area contributed by atoms with Crippen LogP contribution in [0.5, 0.6) is 0 Å². The molecule has 4 aromatic rings. The van der Waals surface area contributed by atoms with Crippen LogP contribution in [-0.4, -0.2) is 9.97 Å². The van der Waals surface area contributed by atoms with E-state index in [2.05, 4.69) is 34.5 Å². The number of hydrogen-bond donors (Lipinski definition) is 1. The van der Waals surface area contributed by atoms with Crippen molar-refractivity contribution in [3.05, 3.63) is 95.3 Å². The number of hydrogen-bond acceptors (Lipinski definition) is 4. The highest BCUT2D eigenvalue weighted by Gasteiger charge is 2.21. The van der Waals surface area contributed by atoms with Crippen LogP contribution < -0.4 is 10.2 Å². The lowest BCUT2D eigenvalue weighted by atomic mass is 10.1. The molecule has 0 radical (unpaired) electrons. The molecule has 1 aliphatic heterocycles. The summed E-state index contributed by atoms with van der Waals surface area (Å²) in [6.07, 6.45) is 0. The third kappa shape index (κ3) is 3.16. The maximum atomic E-state index is 13.1. The summed E-state index contributed by atoms with van der Waals surface area (Å²) < 4.78 is 13.1. The SMILES string of the molecule is Fc1ccc(CNc2nc(N3Cc4ccccc4C3)nc3ccccc23)cc1. The average molecular weight is 370 g/mol. The third-order valence-electron chi connectivity index (χ3n) is 5.09. The first-order valence-electron chi connectivity index (χ1n) is 9.33. The molecule has 5 heteroatoms. The summed E-state index contributed by atoms with van der Waals surface area (Å²) in [7, 11) is 0. The van der Waals surface area contributed by atoms with E-state index in [9.17, 15) is 4.39 Å². The Hall–Kier alpha value is -3.47. The Morgan fingerprint density at radius 1 is 0.821 bits per heavy atom. The Bertz CT molecular complexity index is 1120. The molecule has 0 aliphatic carbocycles. The highest BCUT2D eigenvalue weighted by Crippen LogP contribution is 2.29. The summed E-state index contributed by atoms with van der Waals surface area (Å²) in [5.74, 6) is 1.28. The van der Waals surface area contributed by atoms with Crippen molar-refractivity contribution in [2.24, 2.45) is 0 Å². The van der Waals surface area contributed by atoms with Crippen molar-refractivity contribution in [3.8, 4) is 0 Å². The summed E-state index contributed by atoms with van der Waals surface area (Å²) in [5, 5.41) is 4.39. The topological polar surface area (TPSA) is 41.1 Å². The lowest BCUT2D eigenvalue weighted by Gasteiger charge is -2.18. The van der Waals surface area contributed by atoms with E-state index in [1.807, 2.05) is 24.3 Å². The van der Waals surface area contributed by atoms with Crippen molar-refractivity contribution in [3.63, 3.8) is 0 Å². The van der Waals surface area contributed by atoms with E-state index in [1.165, 1.54) is 23.3 Å². The van der Waals surface area contributed by atoms with Gasteiger partial charge in [-0.1, -0.05) is 48.5 Å². The summed E-state index contributed by atoms with van der Waals surface area (Å²) in [6, 6.07) is 23.0. The molecule has 1 aliphatic rings. The van der Waals surface area contributed by atoms with Gasteiger partial charge in [0.1, 0.15) is 11.6 Å². The van der Waals surface area contributed by atoms with Crippen molar-refractivity contribution in [1.82, 2.24) is 9.97 Å². The Labute approximate surface area is 162 Å². The van der Waals surface area contributed by atoms with Gasteiger partial charge < -0.3 is 10.2 Å². The summed E-state index contributed by atoms with van der Waals surface area (Å²) >= 11 is 0. The summed E-state index contributed by atoms with van der Waals surface area (Å²) in [5.41, 5.74) is 4.55. The molecule has 4 nitrogen and oxygen atoms in total. The maximum absolute atomic E-state index is 13.1. The van der Waals surface area contributed by atoms with Crippen LogP contribution in [0.1, 0.15) is 16.7 Å². The molecule has 2 heterocycles. The molecule has 0 amide bonds. The van der Waals surface area contributed by atoms with Crippen LogP contribution in [-0.2, 0) is 19.6 Å². The van der Waals surface area contributed by atoms with Gasteiger partial charge >= 0.3 is 0 Å². The minimum absolute atomic E-state index is 0.230. The van der Waals surface area contributed by atoms with E-state index < -0.39 is 0 Å². The Morgan fingerprint density at radius 2 is 1.50 bits per heavy atom. The van der Waals surface area contributed by atoms with Crippen LogP contribution in [0.2, 0.25) is 0 Å². The van der Waals surface area contributed by atoms with E-state index >= 15 is 0 Å². The summed E-state index contributed by atoms with van der Waals surface area (Å²) in [6.45, 7) is 2.19. The van der Waals surface area contributed by atoms with Crippen LogP contribution >= 0.6 is 0 Å². The zero-order valence-corrected chi connectivity index (χ0v) is 15.3. The summed E-state index contributed by atoms with van der Waals surface area (Å²) in [4.78, 5) is 11.8. The largest absolute Gasteiger partial charge is 0.365 e. The van der Waals surface area contributed by atoms with Gasteiger partial charge in [0.2, 0.25) is 5.95 Å². The molecule has 0 unspecified atom stereocenters. The van der Waals surface area contributed by atoms with Gasteiger partial charge in [-0.15, -0.1) is 0 Å². The molecule has 0 atom stereocenters. The first-order valence-corrected chi connectivity index (χ1v) is 9.33. The highest BCUT2D eigenvalue weighted by atomic mass is 19.1. The average Bonchev–Trinajstić information content (AvgIpc) is 3.17. The second-order valence-corrected chi connectivity index (χ2v) is 6.99. The number of anilines is 2. The number of nitrogens with one attached hydrogen (secondary N) is 1. The fraction of sp³-hybridized carbons (Fsp3) is 0.130. The van der Waals surface area contributed by atoms with Gasteiger partial charge in [-0.25, -0.2) is 9.37 Å². The van der Waals surface area contributed by atoms with Gasteiger partial charge in [0, 0.05) is 25.0 Å². The minimum Gasteiger partial charge on any atom is -0.365 e. The molecule has 5 rings (SSSR count). The van der Waals surface area contributed by atoms with Gasteiger partial charge in [-0.3, -0.25) is 0 Å². The zero-order valence-electron chi connectivity index (χ0n) is 15.3. The molecular weight excluding hydrogens is 351 g/mol. The standard InChI is InChI=1S/C23H19FN4/c24-19-11-9-16(10-12-19)13-25-22-20-7-3-4-8-21(20)26-23(27-22)28-14-17-5-1-2-6-18(17)15-28/h1-12H,13-15H2,(H,25,26,27). The number of para-hydroxylation sites is 1. The monoisotopic (exact) mass is 370 g/mol. The minimum atomic E-state index is -0.230. The molecule has 0 spiro atoms. The van der Waals surface area contributed by atoms with Crippen molar-refractivity contribution < 1.29 is 4.39 Å². The fourth-order valence-electron chi connectivity index (χ4n) is 3.60. The smallest absolute Gasteiger partial charge is 0.228 e. The number of halogens is 1. The first kappa shape index (κ1) is 16.7. The third-order valence-corrected chi connectivity index (χ3v) is 5.09. The molecule has 1 N–H and O–H groups in total. The second kappa shape index (κ2) is 6.93. The van der Waals surface area contributed by atoms with E-state index in [0.717, 1.165) is 41.3 Å². The van der Waals surface area contributed by atoms with Gasteiger partial charge in [-0.2, -0.15) is 4.98 Å². The van der Waals surface area contributed by atoms with Gasteiger partial charge in [0.15, 0.2) is 0 Å². The van der Waals surface area contributed by atoms with Crippen molar-refractivity contribution in [2.75, 3.05) is 10.2 Å². The normalized spacial score (nSPS) is 13.0. The lowest BCUT2D eigenvalue weighted by molar-refractivity contribution is 0.627. The van der Waals surface area contributed by atoms with Gasteiger partial charge in [0.05, 0.1) is 5.52 Å². The molecule has 28 heavy (non-hydrogen) atoms. The molecular formula is C23H19FN4. The van der Waals surface area contributed by atoms with Crippen molar-refractivity contribution in [2.45, 2.75) is 19.6 Å². The van der Waals surface area contributed by atoms with Gasteiger partial charge in [0.25, 0.3) is 0 Å². The van der Waals surface area contributed by atoms with Crippen molar-refractivity contribution in [1.29, 1.82) is 0 Å². The first-order chi connectivity index (χ1) is 13.8. The fourth-order valence-corrected chi connectivity index (χ4v) is 3.60. The highest BCUT2D eigenvalue weighted by molar-refractivity contribution is 5.90. The molecule has 138 valence electrons. The quantitative estimate of drug-likeness (QED) is 0.555. The van der Waals surface area contributed by atoms with Crippen LogP contribution in [0.25, 0.3) is 10.9 Å². The molecule has 0 fully saturated rings. The van der Waals surface area contributed by atoms with E-state index in [4.69, 9.17) is 9.97 Å². The lowest BCUT2D eigenvalue weighted by Crippen LogP contribution is -2.18. The number of benzene rings is 3. The molecule has 1 aromatic heterocycles. The number of fused-ring (bicyclic) bond motifs is 2. The van der Waals surface area contributed by atoms with Crippen LogP contribution in [0.15, 0.2) is 72.8 Å². The molecule has 0 saturated carbocycles. The van der Waals surface area contributed by atoms with Gasteiger partial charge in [-0.05, 0) is 41.0 Å². The Morgan fingerprint density at radius 3 is 2.25 bits per heavy atom. The number of rotatable bonds is 4. The van der Waals surface area contributed by atoms with E-state index in [-0.39, 0.29) is 5.82 Å². The Kier molecular flexibility index (Phi) is 4.13. The van der Waals surface area contributed by atoms with E-state index in [1.54, 1.807) is 12.1 Å². The maximum Gasteiger partial charge on any atom is 0.228 e. The predicted molar refractivity (Wildman–Crippen MR) is 110 cm³/mol. The second-order valence-electron chi connectivity index (χ2n) is 6.99. The van der Waals surface area contributed by atoms with Crippen molar-refractivity contribution >= 4 is 22.7 Å². The zero-order chi connectivity index (χ0) is 18.9. The van der Waals surface area contributed by atoms with E-state index in [0.29, 0.717) is 6.54 Å². The van der Waals surface area contributed by atoms with Crippen LogP contribution in [0, 0.1) is 5.82 Å². The molecule has 0 bridgehead atoms. The Balaban J connectivity index is 1.47. The van der Waals surface area contributed by atoms with Crippen LogP contribution in [0.3, 0.4) is 0 Å². The number of nitrogens with zero attached hydrogens (tertiary/aromatic N) is 3. The molecule has 0 saturated heterocycles. The van der Waals surface area contributed by atoms with Crippen LogP contribution in [0.4, 0.5) is 16.2 Å². The predicted octanol–water partition coefficient (Wildman–Crippen LogP) is 4.90. The number of aromatic nitrogens is 2.